The largest absolute Gasteiger partial charge is 0.379 e. The zero-order valence-electron chi connectivity index (χ0n) is 13.1. The highest BCUT2D eigenvalue weighted by Crippen LogP contribution is 2.20. The quantitative estimate of drug-likeness (QED) is 0.862. The molecule has 1 saturated heterocycles. The van der Waals surface area contributed by atoms with E-state index in [2.05, 4.69) is 17.2 Å². The number of nitrogens with one attached hydrogen (secondary N) is 1. The average molecular weight is 291 g/mol. The molecule has 0 bridgehead atoms. The van der Waals surface area contributed by atoms with Gasteiger partial charge < -0.3 is 15.0 Å². The van der Waals surface area contributed by atoms with Gasteiger partial charge in [0.05, 0.1) is 19.1 Å². The molecule has 1 N–H and O–H groups in total. The smallest absolute Gasteiger partial charge is 0.230 e. The first-order chi connectivity index (χ1) is 10.1. The van der Waals surface area contributed by atoms with E-state index in [1.54, 1.807) is 6.20 Å². The summed E-state index contributed by atoms with van der Waals surface area (Å²) in [5, 5.41) is 3.35. The van der Waals surface area contributed by atoms with Crippen molar-refractivity contribution in [1.82, 2.24) is 15.2 Å². The zero-order valence-corrected chi connectivity index (χ0v) is 13.1. The van der Waals surface area contributed by atoms with Crippen molar-refractivity contribution >= 4 is 5.91 Å². The van der Waals surface area contributed by atoms with Crippen LogP contribution in [0.2, 0.25) is 0 Å². The Balaban J connectivity index is 2.08. The molecule has 1 amide bonds. The van der Waals surface area contributed by atoms with Crippen molar-refractivity contribution < 1.29 is 9.53 Å². The minimum Gasteiger partial charge on any atom is -0.379 e. The molecule has 2 atom stereocenters. The average Bonchev–Trinajstić information content (AvgIpc) is 2.93. The Kier molecular flexibility index (Phi) is 5.70. The summed E-state index contributed by atoms with van der Waals surface area (Å²) in [4.78, 5) is 18.9. The third kappa shape index (κ3) is 4.02. The van der Waals surface area contributed by atoms with Crippen LogP contribution in [0.15, 0.2) is 24.5 Å². The van der Waals surface area contributed by atoms with Gasteiger partial charge in [-0.2, -0.15) is 0 Å². The summed E-state index contributed by atoms with van der Waals surface area (Å²) in [5.41, 5.74) is 1.05. The molecule has 1 fully saturated rings. The number of carbonyl (C=O) groups excluding carboxylic acids is 1. The highest BCUT2D eigenvalue weighted by atomic mass is 16.5. The number of rotatable bonds is 6. The molecule has 0 spiro atoms. The molecule has 0 saturated carbocycles. The van der Waals surface area contributed by atoms with E-state index in [9.17, 15) is 4.79 Å². The van der Waals surface area contributed by atoms with Gasteiger partial charge in [0, 0.05) is 31.0 Å². The minimum absolute atomic E-state index is 0.0935. The Labute approximate surface area is 126 Å². The number of hydrogen-bond acceptors (Lipinski definition) is 4. The Morgan fingerprint density at radius 1 is 1.52 bits per heavy atom. The molecule has 5 nitrogen and oxygen atoms in total. The summed E-state index contributed by atoms with van der Waals surface area (Å²) < 4.78 is 5.50. The van der Waals surface area contributed by atoms with Gasteiger partial charge in [0.2, 0.25) is 5.91 Å². The van der Waals surface area contributed by atoms with Crippen LogP contribution in [-0.2, 0) is 16.1 Å². The molecular formula is C16H25N3O2. The molecule has 2 heterocycles. The first-order valence-corrected chi connectivity index (χ1v) is 7.64. The highest BCUT2D eigenvalue weighted by molar-refractivity contribution is 5.80. The van der Waals surface area contributed by atoms with Crippen LogP contribution >= 0.6 is 0 Å². The molecule has 1 aromatic heterocycles. The maximum Gasteiger partial charge on any atom is 0.230 e. The lowest BCUT2D eigenvalue weighted by Gasteiger charge is -2.31. The number of hydrogen-bond donors (Lipinski definition) is 1. The predicted octanol–water partition coefficient (Wildman–Crippen LogP) is 1.44. The van der Waals surface area contributed by atoms with E-state index in [1.165, 1.54) is 0 Å². The maximum atomic E-state index is 12.9. The molecule has 0 aromatic carbocycles. The predicted molar refractivity (Wildman–Crippen MR) is 81.7 cm³/mol. The Morgan fingerprint density at radius 3 is 2.95 bits per heavy atom. The van der Waals surface area contributed by atoms with Crippen molar-refractivity contribution in [3.8, 4) is 0 Å². The van der Waals surface area contributed by atoms with E-state index in [0.29, 0.717) is 19.8 Å². The Hall–Kier alpha value is -1.46. The summed E-state index contributed by atoms with van der Waals surface area (Å²) in [6.45, 7) is 8.71. The molecule has 0 radical (unpaired) electrons. The molecule has 116 valence electrons. The van der Waals surface area contributed by atoms with Crippen LogP contribution in [0.1, 0.15) is 26.3 Å². The Morgan fingerprint density at radius 2 is 2.33 bits per heavy atom. The third-order valence-electron chi connectivity index (χ3n) is 3.85. The standard InChI is InChI=1S/C16H25N3O2/c1-4-18-15-11-21-10-14(15)16(20)19(12(2)3)9-13-6-5-7-17-8-13/h5-8,12,14-15,18H,4,9-11H2,1-3H3. The molecule has 1 aliphatic rings. The van der Waals surface area contributed by atoms with Gasteiger partial charge in [0.25, 0.3) is 0 Å². The number of carbonyl (C=O) groups is 1. The van der Waals surface area contributed by atoms with Crippen LogP contribution in [0.5, 0.6) is 0 Å². The second-order valence-corrected chi connectivity index (χ2v) is 5.73. The molecule has 21 heavy (non-hydrogen) atoms. The van der Waals surface area contributed by atoms with Crippen LogP contribution in [0, 0.1) is 5.92 Å². The van der Waals surface area contributed by atoms with E-state index in [4.69, 9.17) is 4.74 Å². The van der Waals surface area contributed by atoms with E-state index in [-0.39, 0.29) is 23.9 Å². The van der Waals surface area contributed by atoms with Gasteiger partial charge >= 0.3 is 0 Å². The number of ether oxygens (including phenoxy) is 1. The van der Waals surface area contributed by atoms with Crippen LogP contribution in [0.25, 0.3) is 0 Å². The van der Waals surface area contributed by atoms with Crippen molar-refractivity contribution in [3.05, 3.63) is 30.1 Å². The van der Waals surface area contributed by atoms with Gasteiger partial charge in [-0.15, -0.1) is 0 Å². The van der Waals surface area contributed by atoms with Crippen molar-refractivity contribution in [2.75, 3.05) is 19.8 Å². The van der Waals surface area contributed by atoms with Crippen LogP contribution in [0.4, 0.5) is 0 Å². The molecule has 5 heteroatoms. The second-order valence-electron chi connectivity index (χ2n) is 5.73. The van der Waals surface area contributed by atoms with Gasteiger partial charge in [0.15, 0.2) is 0 Å². The normalized spacial score (nSPS) is 21.7. The fourth-order valence-electron chi connectivity index (χ4n) is 2.68. The van der Waals surface area contributed by atoms with Crippen molar-refractivity contribution in [1.29, 1.82) is 0 Å². The summed E-state index contributed by atoms with van der Waals surface area (Å²) in [6, 6.07) is 4.18. The Bertz CT molecular complexity index is 450. The second kappa shape index (κ2) is 7.52. The van der Waals surface area contributed by atoms with Crippen molar-refractivity contribution in [3.63, 3.8) is 0 Å². The fraction of sp³-hybridized carbons (Fsp3) is 0.625. The van der Waals surface area contributed by atoms with Gasteiger partial charge in [-0.3, -0.25) is 9.78 Å². The summed E-state index contributed by atoms with van der Waals surface area (Å²) >= 11 is 0. The van der Waals surface area contributed by atoms with E-state index in [1.807, 2.05) is 37.1 Å². The zero-order chi connectivity index (χ0) is 15.2. The SMILES string of the molecule is CCNC1COCC1C(=O)N(Cc1cccnc1)C(C)C. The summed E-state index contributed by atoms with van der Waals surface area (Å²) in [5.74, 6) is 0.0707. The topological polar surface area (TPSA) is 54.5 Å². The molecule has 0 aliphatic carbocycles. The van der Waals surface area contributed by atoms with Gasteiger partial charge in [0.1, 0.15) is 0 Å². The maximum absolute atomic E-state index is 12.9. The number of likely N-dealkylation sites (N-methyl/N-ethyl adjacent to an activating group) is 1. The van der Waals surface area contributed by atoms with Gasteiger partial charge in [-0.25, -0.2) is 0 Å². The molecular weight excluding hydrogens is 266 g/mol. The van der Waals surface area contributed by atoms with Gasteiger partial charge in [-0.1, -0.05) is 13.0 Å². The van der Waals surface area contributed by atoms with Crippen LogP contribution in [0.3, 0.4) is 0 Å². The van der Waals surface area contributed by atoms with E-state index in [0.717, 1.165) is 12.1 Å². The molecule has 2 unspecified atom stereocenters. The van der Waals surface area contributed by atoms with Gasteiger partial charge in [-0.05, 0) is 32.0 Å². The number of nitrogens with zero attached hydrogens (tertiary/aromatic N) is 2. The number of amides is 1. The van der Waals surface area contributed by atoms with Crippen LogP contribution < -0.4 is 5.32 Å². The third-order valence-corrected chi connectivity index (χ3v) is 3.85. The highest BCUT2D eigenvalue weighted by Gasteiger charge is 2.36. The van der Waals surface area contributed by atoms with Crippen molar-refractivity contribution in [2.45, 2.75) is 39.4 Å². The van der Waals surface area contributed by atoms with Crippen molar-refractivity contribution in [2.24, 2.45) is 5.92 Å². The lowest BCUT2D eigenvalue weighted by molar-refractivity contribution is -0.138. The summed E-state index contributed by atoms with van der Waals surface area (Å²) in [7, 11) is 0. The fourth-order valence-corrected chi connectivity index (χ4v) is 2.68. The first kappa shape index (κ1) is 15.9. The monoisotopic (exact) mass is 291 g/mol. The first-order valence-electron chi connectivity index (χ1n) is 7.64. The molecule has 1 aliphatic heterocycles. The summed E-state index contributed by atoms with van der Waals surface area (Å²) in [6.07, 6.45) is 3.56. The van der Waals surface area contributed by atoms with E-state index >= 15 is 0 Å². The van der Waals surface area contributed by atoms with Crippen LogP contribution in [-0.4, -0.2) is 47.6 Å². The minimum atomic E-state index is -0.0935. The molecule has 2 rings (SSSR count). The lowest BCUT2D eigenvalue weighted by atomic mass is 10.0. The number of pyridine rings is 1. The lowest BCUT2D eigenvalue weighted by Crippen LogP contribution is -2.47. The van der Waals surface area contributed by atoms with E-state index < -0.39 is 0 Å². The number of aromatic nitrogens is 1. The molecule has 1 aromatic rings.